The highest BCUT2D eigenvalue weighted by molar-refractivity contribution is 9.10. The molecule has 5 heteroatoms. The van der Waals surface area contributed by atoms with Crippen LogP contribution >= 0.6 is 15.9 Å². The molecule has 110 valence electrons. The summed E-state index contributed by atoms with van der Waals surface area (Å²) < 4.78 is 6.60. The number of amides is 1. The van der Waals surface area contributed by atoms with Crippen LogP contribution < -0.4 is 4.74 Å². The number of likely N-dealkylation sites (tertiary alicyclic amines) is 1. The molecular weight excluding hydrogens is 322 g/mol. The number of nitrogens with zero attached hydrogens (tertiary/aromatic N) is 1. The minimum atomic E-state index is 0.0230. The average Bonchev–Trinajstić information content (AvgIpc) is 2.94. The summed E-state index contributed by atoms with van der Waals surface area (Å²) in [6.07, 6.45) is 3.08. The van der Waals surface area contributed by atoms with E-state index in [4.69, 9.17) is 4.74 Å². The van der Waals surface area contributed by atoms with E-state index in [0.29, 0.717) is 19.4 Å². The van der Waals surface area contributed by atoms with Gasteiger partial charge in [0.1, 0.15) is 5.75 Å². The first-order chi connectivity index (χ1) is 9.70. The normalized spacial score (nSPS) is 18.3. The van der Waals surface area contributed by atoms with Gasteiger partial charge >= 0.3 is 0 Å². The number of aliphatic hydroxyl groups excluding tert-OH is 1. The fourth-order valence-corrected chi connectivity index (χ4v) is 2.71. The summed E-state index contributed by atoms with van der Waals surface area (Å²) in [5, 5.41) is 9.21. The molecule has 4 nitrogen and oxygen atoms in total. The van der Waals surface area contributed by atoms with Crippen LogP contribution in [0.15, 0.2) is 28.7 Å². The van der Waals surface area contributed by atoms with Gasteiger partial charge in [0.15, 0.2) is 0 Å². The third kappa shape index (κ3) is 4.21. The maximum atomic E-state index is 12.0. The molecule has 1 heterocycles. The van der Waals surface area contributed by atoms with Gasteiger partial charge in [-0.05, 0) is 43.5 Å². The number of hydrogen-bond acceptors (Lipinski definition) is 3. The lowest BCUT2D eigenvalue weighted by Gasteiger charge is -2.22. The molecule has 1 atom stereocenters. The zero-order chi connectivity index (χ0) is 14.4. The van der Waals surface area contributed by atoms with Crippen molar-refractivity contribution in [3.05, 3.63) is 28.7 Å². The van der Waals surface area contributed by atoms with Crippen LogP contribution in [-0.4, -0.2) is 41.7 Å². The maximum absolute atomic E-state index is 12.0. The number of carbonyl (C=O) groups excluding carboxylic acids is 1. The van der Waals surface area contributed by atoms with E-state index in [2.05, 4.69) is 15.9 Å². The summed E-state index contributed by atoms with van der Waals surface area (Å²) in [6.45, 7) is 1.38. The second kappa shape index (κ2) is 7.64. The predicted molar refractivity (Wildman–Crippen MR) is 80.7 cm³/mol. The Kier molecular flexibility index (Phi) is 5.86. The SMILES string of the molecule is O=C(CCCOc1ccc(Br)cc1)N1CCC[C@@H]1CO. The van der Waals surface area contributed by atoms with Gasteiger partial charge in [-0.2, -0.15) is 0 Å². The van der Waals surface area contributed by atoms with Crippen molar-refractivity contribution in [3.8, 4) is 5.75 Å². The molecule has 1 amide bonds. The van der Waals surface area contributed by atoms with E-state index in [1.165, 1.54) is 0 Å². The molecule has 1 aromatic carbocycles. The molecule has 0 spiro atoms. The summed E-state index contributed by atoms with van der Waals surface area (Å²) in [5.41, 5.74) is 0. The second-order valence-corrected chi connectivity index (χ2v) is 5.89. The van der Waals surface area contributed by atoms with Crippen LogP contribution in [0.4, 0.5) is 0 Å². The first-order valence-electron chi connectivity index (χ1n) is 6.99. The number of hydrogen-bond donors (Lipinski definition) is 1. The van der Waals surface area contributed by atoms with Gasteiger partial charge in [0.25, 0.3) is 0 Å². The molecule has 1 aliphatic heterocycles. The van der Waals surface area contributed by atoms with Crippen LogP contribution in [0.1, 0.15) is 25.7 Å². The van der Waals surface area contributed by atoms with E-state index in [1.54, 1.807) is 4.90 Å². The Morgan fingerprint density at radius 1 is 1.40 bits per heavy atom. The second-order valence-electron chi connectivity index (χ2n) is 4.97. The molecule has 1 N–H and O–H groups in total. The number of benzene rings is 1. The highest BCUT2D eigenvalue weighted by Gasteiger charge is 2.27. The number of halogens is 1. The van der Waals surface area contributed by atoms with Crippen molar-refractivity contribution in [3.63, 3.8) is 0 Å². The standard InChI is InChI=1S/C15H20BrNO3/c16-12-5-7-14(8-6-12)20-10-2-4-15(19)17-9-1-3-13(17)11-18/h5-8,13,18H,1-4,9-11H2/t13-/m1/s1. The van der Waals surface area contributed by atoms with Gasteiger partial charge in [0.05, 0.1) is 19.3 Å². The topological polar surface area (TPSA) is 49.8 Å². The Balaban J connectivity index is 1.68. The minimum absolute atomic E-state index is 0.0230. The number of rotatable bonds is 6. The average molecular weight is 342 g/mol. The summed E-state index contributed by atoms with van der Waals surface area (Å²) in [4.78, 5) is 13.8. The van der Waals surface area contributed by atoms with Crippen LogP contribution in [0, 0.1) is 0 Å². The fraction of sp³-hybridized carbons (Fsp3) is 0.533. The van der Waals surface area contributed by atoms with E-state index in [1.807, 2.05) is 24.3 Å². The fourth-order valence-electron chi connectivity index (χ4n) is 2.44. The predicted octanol–water partition coefficient (Wildman–Crippen LogP) is 2.59. The zero-order valence-electron chi connectivity index (χ0n) is 11.4. The lowest BCUT2D eigenvalue weighted by molar-refractivity contribution is -0.132. The summed E-state index contributed by atoms with van der Waals surface area (Å²) in [6, 6.07) is 7.67. The van der Waals surface area contributed by atoms with Crippen molar-refractivity contribution in [2.75, 3.05) is 19.8 Å². The molecule has 0 bridgehead atoms. The van der Waals surface area contributed by atoms with Gasteiger partial charge in [0, 0.05) is 17.4 Å². The smallest absolute Gasteiger partial charge is 0.223 e. The van der Waals surface area contributed by atoms with E-state index in [9.17, 15) is 9.90 Å². The molecule has 1 fully saturated rings. The van der Waals surface area contributed by atoms with Crippen molar-refractivity contribution in [2.45, 2.75) is 31.7 Å². The molecular formula is C15H20BrNO3. The van der Waals surface area contributed by atoms with E-state index >= 15 is 0 Å². The van der Waals surface area contributed by atoms with Crippen molar-refractivity contribution in [1.29, 1.82) is 0 Å². The van der Waals surface area contributed by atoms with Crippen LogP contribution in [0.3, 0.4) is 0 Å². The quantitative estimate of drug-likeness (QED) is 0.809. The molecule has 1 aliphatic rings. The van der Waals surface area contributed by atoms with E-state index in [-0.39, 0.29) is 18.6 Å². The third-order valence-electron chi connectivity index (χ3n) is 3.53. The molecule has 2 rings (SSSR count). The van der Waals surface area contributed by atoms with E-state index in [0.717, 1.165) is 29.6 Å². The van der Waals surface area contributed by atoms with Gasteiger partial charge in [0.2, 0.25) is 5.91 Å². The lowest BCUT2D eigenvalue weighted by atomic mass is 10.2. The first kappa shape index (κ1) is 15.3. The van der Waals surface area contributed by atoms with Gasteiger partial charge in [-0.1, -0.05) is 15.9 Å². The third-order valence-corrected chi connectivity index (χ3v) is 4.05. The summed E-state index contributed by atoms with van der Waals surface area (Å²) in [5.74, 6) is 0.941. The number of ether oxygens (including phenoxy) is 1. The zero-order valence-corrected chi connectivity index (χ0v) is 13.0. The van der Waals surface area contributed by atoms with Crippen molar-refractivity contribution < 1.29 is 14.6 Å². The molecule has 1 aromatic rings. The highest BCUT2D eigenvalue weighted by atomic mass is 79.9. The first-order valence-corrected chi connectivity index (χ1v) is 7.78. The highest BCUT2D eigenvalue weighted by Crippen LogP contribution is 2.19. The van der Waals surface area contributed by atoms with Crippen molar-refractivity contribution >= 4 is 21.8 Å². The van der Waals surface area contributed by atoms with Crippen LogP contribution in [0.5, 0.6) is 5.75 Å². The summed E-state index contributed by atoms with van der Waals surface area (Å²) in [7, 11) is 0. The molecule has 0 unspecified atom stereocenters. The maximum Gasteiger partial charge on any atom is 0.223 e. The molecule has 0 radical (unpaired) electrons. The van der Waals surface area contributed by atoms with Gasteiger partial charge in [-0.15, -0.1) is 0 Å². The van der Waals surface area contributed by atoms with Crippen LogP contribution in [0.2, 0.25) is 0 Å². The Labute approximate surface area is 127 Å². The van der Waals surface area contributed by atoms with Crippen LogP contribution in [0.25, 0.3) is 0 Å². The van der Waals surface area contributed by atoms with E-state index < -0.39 is 0 Å². The lowest BCUT2D eigenvalue weighted by Crippen LogP contribution is -2.37. The Morgan fingerprint density at radius 2 is 2.15 bits per heavy atom. The summed E-state index contributed by atoms with van der Waals surface area (Å²) >= 11 is 3.37. The van der Waals surface area contributed by atoms with Crippen LogP contribution in [-0.2, 0) is 4.79 Å². The van der Waals surface area contributed by atoms with Gasteiger partial charge in [-0.3, -0.25) is 4.79 Å². The van der Waals surface area contributed by atoms with Gasteiger partial charge in [-0.25, -0.2) is 0 Å². The Morgan fingerprint density at radius 3 is 2.85 bits per heavy atom. The van der Waals surface area contributed by atoms with Gasteiger partial charge < -0.3 is 14.7 Å². The Hall–Kier alpha value is -1.07. The number of carbonyl (C=O) groups is 1. The molecule has 0 aromatic heterocycles. The molecule has 0 aliphatic carbocycles. The molecule has 20 heavy (non-hydrogen) atoms. The van der Waals surface area contributed by atoms with Crippen molar-refractivity contribution in [2.24, 2.45) is 0 Å². The Bertz CT molecular complexity index is 435. The molecule has 0 saturated carbocycles. The number of aliphatic hydroxyl groups is 1. The minimum Gasteiger partial charge on any atom is -0.494 e. The molecule has 1 saturated heterocycles. The van der Waals surface area contributed by atoms with Crippen molar-refractivity contribution in [1.82, 2.24) is 4.90 Å². The monoisotopic (exact) mass is 341 g/mol. The largest absolute Gasteiger partial charge is 0.494 e.